The zero-order chi connectivity index (χ0) is 11.4. The van der Waals surface area contributed by atoms with E-state index < -0.39 is 5.82 Å². The fraction of sp³-hybridized carbons (Fsp3) is 0.154. The minimum atomic E-state index is -0.433. The van der Waals surface area contributed by atoms with Crippen LogP contribution >= 0.6 is 11.3 Å². The first-order chi connectivity index (χ1) is 7.77. The maximum atomic E-state index is 13.3. The van der Waals surface area contributed by atoms with E-state index in [2.05, 4.69) is 0 Å². The Morgan fingerprint density at radius 1 is 1.25 bits per heavy atom. The van der Waals surface area contributed by atoms with Crippen molar-refractivity contribution in [3.05, 3.63) is 58.0 Å². The van der Waals surface area contributed by atoms with Gasteiger partial charge in [-0.15, -0.1) is 0 Å². The third-order valence-electron chi connectivity index (χ3n) is 2.40. The van der Waals surface area contributed by atoms with Crippen molar-refractivity contribution in [1.82, 2.24) is 0 Å². The molecule has 0 saturated heterocycles. The Hall–Kier alpha value is -1.48. The standard InChI is InChI=1S/C13H11FOS/c14-12-4-2-1-3-11(12)13(15)6-5-10-7-8-16-9-10/h1-4,7-9H,5-6H2. The molecule has 0 bridgehead atoms. The summed E-state index contributed by atoms with van der Waals surface area (Å²) < 4.78 is 13.3. The normalized spacial score (nSPS) is 10.3. The number of aryl methyl sites for hydroxylation is 1. The van der Waals surface area contributed by atoms with Crippen LogP contribution in [0.15, 0.2) is 41.1 Å². The zero-order valence-electron chi connectivity index (χ0n) is 8.65. The number of ketones is 1. The fourth-order valence-corrected chi connectivity index (χ4v) is 2.22. The lowest BCUT2D eigenvalue weighted by atomic mass is 10.0. The van der Waals surface area contributed by atoms with Crippen LogP contribution in [0.2, 0.25) is 0 Å². The van der Waals surface area contributed by atoms with Crippen molar-refractivity contribution in [1.29, 1.82) is 0 Å². The van der Waals surface area contributed by atoms with Gasteiger partial charge in [0.25, 0.3) is 0 Å². The molecule has 1 aromatic heterocycles. The maximum absolute atomic E-state index is 13.3. The van der Waals surface area contributed by atoms with Gasteiger partial charge in [0.15, 0.2) is 5.78 Å². The first-order valence-corrected chi connectivity index (χ1v) is 6.00. The van der Waals surface area contributed by atoms with Crippen LogP contribution in [-0.2, 0) is 6.42 Å². The van der Waals surface area contributed by atoms with Crippen LogP contribution < -0.4 is 0 Å². The molecule has 0 fully saturated rings. The van der Waals surface area contributed by atoms with E-state index in [1.54, 1.807) is 23.5 Å². The lowest BCUT2D eigenvalue weighted by molar-refractivity contribution is 0.0979. The lowest BCUT2D eigenvalue weighted by Gasteiger charge is -2.01. The molecule has 0 amide bonds. The second-order valence-corrected chi connectivity index (χ2v) is 4.31. The molecule has 0 unspecified atom stereocenters. The van der Waals surface area contributed by atoms with Crippen LogP contribution in [0.4, 0.5) is 4.39 Å². The van der Waals surface area contributed by atoms with Crippen molar-refractivity contribution in [3.63, 3.8) is 0 Å². The van der Waals surface area contributed by atoms with E-state index in [1.807, 2.05) is 16.8 Å². The van der Waals surface area contributed by atoms with Gasteiger partial charge >= 0.3 is 0 Å². The summed E-state index contributed by atoms with van der Waals surface area (Å²) >= 11 is 1.60. The quantitative estimate of drug-likeness (QED) is 0.737. The Labute approximate surface area is 97.6 Å². The minimum Gasteiger partial charge on any atom is -0.294 e. The summed E-state index contributed by atoms with van der Waals surface area (Å²) in [5.74, 6) is -0.567. The van der Waals surface area contributed by atoms with Crippen molar-refractivity contribution in [3.8, 4) is 0 Å². The van der Waals surface area contributed by atoms with E-state index in [0.717, 1.165) is 5.56 Å². The van der Waals surface area contributed by atoms with Gasteiger partial charge in [0.2, 0.25) is 0 Å². The summed E-state index contributed by atoms with van der Waals surface area (Å²) in [7, 11) is 0. The largest absolute Gasteiger partial charge is 0.294 e. The molecular weight excluding hydrogens is 223 g/mol. The van der Waals surface area contributed by atoms with E-state index in [4.69, 9.17) is 0 Å². The monoisotopic (exact) mass is 234 g/mol. The van der Waals surface area contributed by atoms with Gasteiger partial charge in [0.1, 0.15) is 5.82 Å². The molecule has 82 valence electrons. The Morgan fingerprint density at radius 3 is 2.75 bits per heavy atom. The molecule has 0 aliphatic heterocycles. The van der Waals surface area contributed by atoms with Gasteiger partial charge in [-0.3, -0.25) is 4.79 Å². The number of thiophene rings is 1. The molecule has 0 radical (unpaired) electrons. The van der Waals surface area contributed by atoms with Crippen molar-refractivity contribution < 1.29 is 9.18 Å². The molecule has 1 aromatic carbocycles. The molecule has 0 aliphatic rings. The topological polar surface area (TPSA) is 17.1 Å². The Kier molecular flexibility index (Phi) is 3.47. The predicted octanol–water partition coefficient (Wildman–Crippen LogP) is 3.70. The maximum Gasteiger partial charge on any atom is 0.166 e. The summed E-state index contributed by atoms with van der Waals surface area (Å²) in [6.45, 7) is 0. The number of rotatable bonds is 4. The molecule has 0 aliphatic carbocycles. The highest BCUT2D eigenvalue weighted by Crippen LogP contribution is 2.13. The van der Waals surface area contributed by atoms with Crippen LogP contribution in [0.5, 0.6) is 0 Å². The van der Waals surface area contributed by atoms with Gasteiger partial charge in [-0.05, 0) is 40.9 Å². The zero-order valence-corrected chi connectivity index (χ0v) is 9.47. The van der Waals surface area contributed by atoms with Crippen molar-refractivity contribution in [2.45, 2.75) is 12.8 Å². The Bertz CT molecular complexity index is 476. The first kappa shape index (κ1) is 11.0. The summed E-state index contributed by atoms with van der Waals surface area (Å²) in [6.07, 6.45) is 1.04. The third kappa shape index (κ3) is 2.55. The number of carbonyl (C=O) groups excluding carboxylic acids is 1. The number of hydrogen-bond donors (Lipinski definition) is 0. The molecule has 16 heavy (non-hydrogen) atoms. The average molecular weight is 234 g/mol. The number of carbonyl (C=O) groups is 1. The van der Waals surface area contributed by atoms with Gasteiger partial charge in [0.05, 0.1) is 5.56 Å². The molecule has 0 saturated carbocycles. The lowest BCUT2D eigenvalue weighted by Crippen LogP contribution is -2.03. The van der Waals surface area contributed by atoms with Crippen LogP contribution in [0.3, 0.4) is 0 Å². The number of Topliss-reactive ketones (excluding diaryl/α,β-unsaturated/α-hetero) is 1. The molecule has 1 heterocycles. The van der Waals surface area contributed by atoms with Gasteiger partial charge in [-0.2, -0.15) is 11.3 Å². The second-order valence-electron chi connectivity index (χ2n) is 3.53. The minimum absolute atomic E-state index is 0.135. The molecule has 2 rings (SSSR count). The highest BCUT2D eigenvalue weighted by Gasteiger charge is 2.10. The third-order valence-corrected chi connectivity index (χ3v) is 3.13. The van der Waals surface area contributed by atoms with Crippen LogP contribution in [-0.4, -0.2) is 5.78 Å². The smallest absolute Gasteiger partial charge is 0.166 e. The van der Waals surface area contributed by atoms with E-state index in [-0.39, 0.29) is 11.3 Å². The Morgan fingerprint density at radius 2 is 2.06 bits per heavy atom. The average Bonchev–Trinajstić information content (AvgIpc) is 2.79. The first-order valence-electron chi connectivity index (χ1n) is 5.06. The highest BCUT2D eigenvalue weighted by molar-refractivity contribution is 7.07. The summed E-state index contributed by atoms with van der Waals surface area (Å²) in [4.78, 5) is 11.7. The second kappa shape index (κ2) is 5.03. The van der Waals surface area contributed by atoms with Crippen LogP contribution in [0.25, 0.3) is 0 Å². The molecule has 2 aromatic rings. The molecule has 1 nitrogen and oxygen atoms in total. The number of hydrogen-bond acceptors (Lipinski definition) is 2. The van der Waals surface area contributed by atoms with Crippen molar-refractivity contribution >= 4 is 17.1 Å². The molecular formula is C13H11FOS. The van der Waals surface area contributed by atoms with Gasteiger partial charge in [-0.1, -0.05) is 12.1 Å². The van der Waals surface area contributed by atoms with Gasteiger partial charge in [0, 0.05) is 6.42 Å². The number of benzene rings is 1. The summed E-state index contributed by atoms with van der Waals surface area (Å²) in [5.41, 5.74) is 1.33. The van der Waals surface area contributed by atoms with Gasteiger partial charge < -0.3 is 0 Å². The van der Waals surface area contributed by atoms with E-state index in [9.17, 15) is 9.18 Å². The van der Waals surface area contributed by atoms with E-state index in [0.29, 0.717) is 12.8 Å². The van der Waals surface area contributed by atoms with Crippen LogP contribution in [0.1, 0.15) is 22.3 Å². The summed E-state index contributed by atoms with van der Waals surface area (Å²) in [6, 6.07) is 8.11. The summed E-state index contributed by atoms with van der Waals surface area (Å²) in [5, 5.41) is 3.98. The molecule has 0 N–H and O–H groups in total. The predicted molar refractivity (Wildman–Crippen MR) is 63.4 cm³/mol. The SMILES string of the molecule is O=C(CCc1ccsc1)c1ccccc1F. The van der Waals surface area contributed by atoms with Crippen molar-refractivity contribution in [2.24, 2.45) is 0 Å². The molecule has 0 atom stereocenters. The van der Waals surface area contributed by atoms with Crippen LogP contribution in [0, 0.1) is 5.82 Å². The fourth-order valence-electron chi connectivity index (χ4n) is 1.51. The highest BCUT2D eigenvalue weighted by atomic mass is 32.1. The molecule has 3 heteroatoms. The number of halogens is 1. The Balaban J connectivity index is 2.01. The van der Waals surface area contributed by atoms with Crippen molar-refractivity contribution in [2.75, 3.05) is 0 Å². The van der Waals surface area contributed by atoms with E-state index in [1.165, 1.54) is 12.1 Å². The molecule has 0 spiro atoms. The van der Waals surface area contributed by atoms with Gasteiger partial charge in [-0.25, -0.2) is 4.39 Å². The van der Waals surface area contributed by atoms with E-state index >= 15 is 0 Å².